The summed E-state index contributed by atoms with van der Waals surface area (Å²) < 4.78 is 15.8. The van der Waals surface area contributed by atoms with Crippen LogP contribution in [0.4, 0.5) is 5.69 Å². The van der Waals surface area contributed by atoms with Crippen molar-refractivity contribution >= 4 is 29.5 Å². The molecule has 0 unspecified atom stereocenters. The molecular weight excluding hydrogens is 496 g/mol. The number of allylic oxidation sites excluding steroid dienone is 1. The highest BCUT2D eigenvalue weighted by Gasteiger charge is 2.36. The minimum Gasteiger partial charge on any atom is -0.495 e. The van der Waals surface area contributed by atoms with Gasteiger partial charge in [-0.1, -0.05) is 54.1 Å². The summed E-state index contributed by atoms with van der Waals surface area (Å²) in [6.07, 6.45) is 1.66. The number of methoxy groups -OCH3 is 2. The van der Waals surface area contributed by atoms with Crippen molar-refractivity contribution in [2.45, 2.75) is 20.4 Å². The molecule has 1 aliphatic heterocycles. The molecule has 0 aliphatic carbocycles. The number of anilines is 1. The van der Waals surface area contributed by atoms with Crippen LogP contribution in [0.5, 0.6) is 11.5 Å². The summed E-state index contributed by atoms with van der Waals surface area (Å²) in [5.74, 6) is -0.149. The van der Waals surface area contributed by atoms with Gasteiger partial charge in [0.15, 0.2) is 6.61 Å². The van der Waals surface area contributed by atoms with Crippen LogP contribution in [0.3, 0.4) is 0 Å². The molecule has 2 amide bonds. The number of esters is 1. The lowest BCUT2D eigenvalue weighted by Crippen LogP contribution is -2.24. The molecule has 0 bridgehead atoms. The van der Waals surface area contributed by atoms with Gasteiger partial charge in [-0.05, 0) is 55.3 Å². The van der Waals surface area contributed by atoms with Crippen molar-refractivity contribution in [2.24, 2.45) is 0 Å². The van der Waals surface area contributed by atoms with Gasteiger partial charge in [0.25, 0.3) is 11.8 Å². The van der Waals surface area contributed by atoms with Gasteiger partial charge in [0, 0.05) is 5.70 Å². The van der Waals surface area contributed by atoms with Crippen LogP contribution in [0.2, 0.25) is 0 Å². The van der Waals surface area contributed by atoms with Gasteiger partial charge < -0.3 is 24.4 Å². The molecule has 1 N–H and O–H groups in total. The van der Waals surface area contributed by atoms with E-state index < -0.39 is 5.97 Å². The first kappa shape index (κ1) is 27.2. The summed E-state index contributed by atoms with van der Waals surface area (Å²) in [4.78, 5) is 39.9. The summed E-state index contributed by atoms with van der Waals surface area (Å²) in [5, 5.41) is 2.76. The Morgan fingerprint density at radius 2 is 1.62 bits per heavy atom. The van der Waals surface area contributed by atoms with Gasteiger partial charge in [-0.3, -0.25) is 9.59 Å². The predicted octanol–water partition coefficient (Wildman–Crippen LogP) is 4.89. The van der Waals surface area contributed by atoms with Gasteiger partial charge >= 0.3 is 5.97 Å². The fourth-order valence-electron chi connectivity index (χ4n) is 4.20. The molecule has 200 valence electrons. The molecule has 1 aliphatic rings. The van der Waals surface area contributed by atoms with E-state index in [0.29, 0.717) is 35.0 Å². The van der Waals surface area contributed by atoms with Crippen molar-refractivity contribution in [1.29, 1.82) is 0 Å². The Morgan fingerprint density at radius 1 is 0.923 bits per heavy atom. The monoisotopic (exact) mass is 526 g/mol. The molecule has 0 spiro atoms. The molecule has 8 nitrogen and oxygen atoms in total. The number of rotatable bonds is 9. The Morgan fingerprint density at radius 3 is 2.28 bits per heavy atom. The van der Waals surface area contributed by atoms with E-state index in [4.69, 9.17) is 14.2 Å². The third-order valence-corrected chi connectivity index (χ3v) is 6.30. The molecule has 0 aromatic heterocycles. The summed E-state index contributed by atoms with van der Waals surface area (Å²) >= 11 is 0. The number of amides is 2. The van der Waals surface area contributed by atoms with E-state index in [1.54, 1.807) is 60.4 Å². The number of para-hydroxylation sites is 2. The molecule has 0 saturated carbocycles. The standard InChI is InChI=1S/C31H30N2O6/c1-20-9-11-23(12-10-20)18-33-21(2)29(31(36)38-4)25(30(33)35)17-22-13-15-24(16-14-22)39-19-28(34)32-26-7-5-6-8-27(26)37-3/h5-17H,18-19H2,1-4H3,(H,32,34)/b25-17-. The minimum absolute atomic E-state index is 0.195. The second-order valence-electron chi connectivity index (χ2n) is 8.99. The molecule has 0 atom stereocenters. The van der Waals surface area contributed by atoms with Gasteiger partial charge in [0.1, 0.15) is 11.5 Å². The molecule has 3 aromatic carbocycles. The maximum atomic E-state index is 13.4. The van der Waals surface area contributed by atoms with Crippen LogP contribution in [0, 0.1) is 6.92 Å². The molecule has 0 saturated heterocycles. The van der Waals surface area contributed by atoms with E-state index in [9.17, 15) is 14.4 Å². The van der Waals surface area contributed by atoms with E-state index in [0.717, 1.165) is 11.1 Å². The van der Waals surface area contributed by atoms with Crippen LogP contribution < -0.4 is 14.8 Å². The van der Waals surface area contributed by atoms with Gasteiger partial charge in [0.05, 0.1) is 37.6 Å². The number of ether oxygens (including phenoxy) is 3. The van der Waals surface area contributed by atoms with Crippen LogP contribution in [0.15, 0.2) is 89.6 Å². The molecular formula is C31H30N2O6. The number of nitrogens with one attached hydrogen (secondary N) is 1. The SMILES string of the molecule is COC(=O)C1=C(C)N(Cc2ccc(C)cc2)C(=O)/C1=C\c1ccc(OCC(=O)Nc2ccccc2OC)cc1. The predicted molar refractivity (Wildman–Crippen MR) is 148 cm³/mol. The van der Waals surface area contributed by atoms with Crippen molar-refractivity contribution < 1.29 is 28.6 Å². The lowest BCUT2D eigenvalue weighted by molar-refractivity contribution is -0.136. The smallest absolute Gasteiger partial charge is 0.340 e. The second kappa shape index (κ2) is 12.1. The zero-order valence-corrected chi connectivity index (χ0v) is 22.3. The molecule has 8 heteroatoms. The van der Waals surface area contributed by atoms with Crippen LogP contribution in [-0.4, -0.2) is 43.5 Å². The lowest BCUT2D eigenvalue weighted by Gasteiger charge is -2.18. The highest BCUT2D eigenvalue weighted by molar-refractivity contribution is 6.16. The van der Waals surface area contributed by atoms with Gasteiger partial charge in [-0.25, -0.2) is 4.79 Å². The average molecular weight is 527 g/mol. The van der Waals surface area contributed by atoms with Crippen LogP contribution >= 0.6 is 0 Å². The topological polar surface area (TPSA) is 94.2 Å². The first-order valence-corrected chi connectivity index (χ1v) is 12.3. The zero-order chi connectivity index (χ0) is 27.9. The Bertz CT molecular complexity index is 1440. The van der Waals surface area contributed by atoms with E-state index in [-0.39, 0.29) is 29.6 Å². The summed E-state index contributed by atoms with van der Waals surface area (Å²) in [6, 6.07) is 21.9. The van der Waals surface area contributed by atoms with Crippen molar-refractivity contribution in [3.63, 3.8) is 0 Å². The quantitative estimate of drug-likeness (QED) is 0.315. The number of nitrogens with zero attached hydrogens (tertiary/aromatic N) is 1. The Labute approximate surface area is 227 Å². The Hall–Kier alpha value is -4.85. The fraction of sp³-hybridized carbons (Fsp3) is 0.194. The average Bonchev–Trinajstić information content (AvgIpc) is 3.17. The maximum Gasteiger partial charge on any atom is 0.340 e. The number of aryl methyl sites for hydroxylation is 1. The minimum atomic E-state index is -0.570. The van der Waals surface area contributed by atoms with Crippen molar-refractivity contribution in [2.75, 3.05) is 26.1 Å². The number of carbonyl (C=O) groups is 3. The molecule has 3 aromatic rings. The van der Waals surface area contributed by atoms with Gasteiger partial charge in [-0.2, -0.15) is 0 Å². The highest BCUT2D eigenvalue weighted by atomic mass is 16.5. The second-order valence-corrected chi connectivity index (χ2v) is 8.99. The third kappa shape index (κ3) is 6.35. The van der Waals surface area contributed by atoms with Crippen molar-refractivity contribution in [3.8, 4) is 11.5 Å². The van der Waals surface area contributed by atoms with Crippen LogP contribution in [0.25, 0.3) is 6.08 Å². The first-order valence-electron chi connectivity index (χ1n) is 12.3. The van der Waals surface area contributed by atoms with E-state index in [1.807, 2.05) is 37.3 Å². The highest BCUT2D eigenvalue weighted by Crippen LogP contribution is 2.33. The third-order valence-electron chi connectivity index (χ3n) is 6.30. The van der Waals surface area contributed by atoms with Gasteiger partial charge in [-0.15, -0.1) is 0 Å². The Balaban J connectivity index is 1.47. The summed E-state index contributed by atoms with van der Waals surface area (Å²) in [7, 11) is 2.83. The normalized spacial score (nSPS) is 14.0. The van der Waals surface area contributed by atoms with Crippen LogP contribution in [0.1, 0.15) is 23.6 Å². The van der Waals surface area contributed by atoms with Crippen LogP contribution in [-0.2, 0) is 25.7 Å². The Kier molecular flexibility index (Phi) is 8.46. The molecule has 39 heavy (non-hydrogen) atoms. The number of benzene rings is 3. The van der Waals surface area contributed by atoms with E-state index in [2.05, 4.69) is 5.32 Å². The zero-order valence-electron chi connectivity index (χ0n) is 22.3. The van der Waals surface area contributed by atoms with Gasteiger partial charge in [0.2, 0.25) is 0 Å². The van der Waals surface area contributed by atoms with Crippen molar-refractivity contribution in [3.05, 3.63) is 106 Å². The fourth-order valence-corrected chi connectivity index (χ4v) is 4.20. The number of carbonyl (C=O) groups excluding carboxylic acids is 3. The van der Waals surface area contributed by atoms with Crippen molar-refractivity contribution in [1.82, 2.24) is 4.90 Å². The summed E-state index contributed by atoms with van der Waals surface area (Å²) in [6.45, 7) is 3.89. The first-order chi connectivity index (χ1) is 18.8. The van der Waals surface area contributed by atoms with E-state index in [1.165, 1.54) is 14.2 Å². The number of hydrogen-bond acceptors (Lipinski definition) is 6. The molecule has 4 rings (SSSR count). The molecule has 0 fully saturated rings. The lowest BCUT2D eigenvalue weighted by atomic mass is 10.0. The number of hydrogen-bond donors (Lipinski definition) is 1. The summed E-state index contributed by atoms with van der Waals surface area (Å²) in [5.41, 5.74) is 4.36. The largest absolute Gasteiger partial charge is 0.495 e. The molecule has 0 radical (unpaired) electrons. The molecule has 1 heterocycles. The maximum absolute atomic E-state index is 13.4. The van der Waals surface area contributed by atoms with E-state index >= 15 is 0 Å².